The molecule has 4 heteroatoms. The molecule has 3 rings (SSSR count). The first-order chi connectivity index (χ1) is 8.89. The number of hydrogen-bond donors (Lipinski definition) is 1. The first-order valence-electron chi connectivity index (χ1n) is 6.71. The van der Waals surface area contributed by atoms with Crippen molar-refractivity contribution in [1.82, 2.24) is 0 Å². The molecule has 0 saturated carbocycles. The van der Waals surface area contributed by atoms with E-state index in [1.165, 1.54) is 5.75 Å². The Morgan fingerprint density at radius 3 is 2.89 bits per heavy atom. The third-order valence-electron chi connectivity index (χ3n) is 3.95. The number of halogens is 1. The van der Waals surface area contributed by atoms with Crippen molar-refractivity contribution in [3.8, 4) is 5.75 Å². The predicted molar refractivity (Wildman–Crippen MR) is 84.8 cm³/mol. The Kier molecular flexibility index (Phi) is 3.39. The van der Waals surface area contributed by atoms with E-state index in [-0.39, 0.29) is 11.6 Å². The average Bonchev–Trinajstić information content (AvgIpc) is 2.29. The van der Waals surface area contributed by atoms with Crippen molar-refractivity contribution >= 4 is 27.7 Å². The van der Waals surface area contributed by atoms with E-state index < -0.39 is 0 Å². The van der Waals surface area contributed by atoms with Crippen LogP contribution in [-0.2, 0) is 0 Å². The zero-order chi connectivity index (χ0) is 13.7. The lowest BCUT2D eigenvalue weighted by Crippen LogP contribution is -2.51. The summed E-state index contributed by atoms with van der Waals surface area (Å²) in [5.41, 5.74) is 7.78. The molecular formula is C15H20BrNOS. The standard InChI is InChI=1S/C15H20BrNOS/c1-14(2)7-15(9-19-8-14)6-12(17)11-5-10(16)3-4-13(11)18-15/h3-5,12H,6-9,17H2,1-2H3/t12-,15?/m1/s1. The Bertz CT molecular complexity index is 505. The van der Waals surface area contributed by atoms with Gasteiger partial charge in [0.05, 0.1) is 0 Å². The highest BCUT2D eigenvalue weighted by Gasteiger charge is 2.46. The van der Waals surface area contributed by atoms with Crippen LogP contribution in [0.1, 0.15) is 38.3 Å². The summed E-state index contributed by atoms with van der Waals surface area (Å²) in [6.07, 6.45) is 2.02. The summed E-state index contributed by atoms with van der Waals surface area (Å²) in [5.74, 6) is 3.24. The molecule has 0 aliphatic carbocycles. The molecule has 1 unspecified atom stereocenters. The van der Waals surface area contributed by atoms with E-state index in [9.17, 15) is 0 Å². The van der Waals surface area contributed by atoms with Crippen LogP contribution in [-0.4, -0.2) is 17.1 Å². The lowest BCUT2D eigenvalue weighted by atomic mass is 9.76. The highest BCUT2D eigenvalue weighted by Crippen LogP contribution is 2.49. The van der Waals surface area contributed by atoms with Crippen LogP contribution in [0.25, 0.3) is 0 Å². The minimum Gasteiger partial charge on any atom is -0.486 e. The summed E-state index contributed by atoms with van der Waals surface area (Å²) in [4.78, 5) is 0. The molecule has 2 N–H and O–H groups in total. The van der Waals surface area contributed by atoms with E-state index in [4.69, 9.17) is 10.5 Å². The second-order valence-electron chi connectivity index (χ2n) is 6.61. The van der Waals surface area contributed by atoms with Gasteiger partial charge in [0.15, 0.2) is 0 Å². The van der Waals surface area contributed by atoms with Crippen LogP contribution in [0, 0.1) is 5.41 Å². The van der Waals surface area contributed by atoms with Crippen LogP contribution in [0.15, 0.2) is 22.7 Å². The highest BCUT2D eigenvalue weighted by molar-refractivity contribution is 9.10. The Labute approximate surface area is 127 Å². The number of nitrogens with two attached hydrogens (primary N) is 1. The molecule has 0 bridgehead atoms. The van der Waals surface area contributed by atoms with E-state index in [0.29, 0.717) is 5.41 Å². The molecule has 19 heavy (non-hydrogen) atoms. The minimum absolute atomic E-state index is 0.0767. The lowest BCUT2D eigenvalue weighted by Gasteiger charge is -2.48. The van der Waals surface area contributed by atoms with Gasteiger partial charge in [0.25, 0.3) is 0 Å². The van der Waals surface area contributed by atoms with Crippen molar-refractivity contribution < 1.29 is 4.74 Å². The van der Waals surface area contributed by atoms with Crippen molar-refractivity contribution in [2.45, 2.75) is 38.3 Å². The van der Waals surface area contributed by atoms with Crippen LogP contribution >= 0.6 is 27.7 Å². The summed E-state index contributed by atoms with van der Waals surface area (Å²) in [6, 6.07) is 6.25. The molecule has 2 nitrogen and oxygen atoms in total. The molecule has 1 aromatic carbocycles. The van der Waals surface area contributed by atoms with E-state index in [2.05, 4.69) is 35.8 Å². The number of fused-ring (bicyclic) bond motifs is 1. The second kappa shape index (κ2) is 4.68. The molecule has 0 amide bonds. The third kappa shape index (κ3) is 2.67. The van der Waals surface area contributed by atoms with Gasteiger partial charge < -0.3 is 10.5 Å². The van der Waals surface area contributed by atoms with Gasteiger partial charge in [-0.2, -0.15) is 11.8 Å². The topological polar surface area (TPSA) is 35.2 Å². The number of ether oxygens (including phenoxy) is 1. The highest BCUT2D eigenvalue weighted by atomic mass is 79.9. The van der Waals surface area contributed by atoms with Crippen molar-refractivity contribution in [3.05, 3.63) is 28.2 Å². The fourth-order valence-corrected chi connectivity index (χ4v) is 5.16. The van der Waals surface area contributed by atoms with Gasteiger partial charge >= 0.3 is 0 Å². The fraction of sp³-hybridized carbons (Fsp3) is 0.600. The summed E-state index contributed by atoms with van der Waals surface area (Å²) in [6.45, 7) is 4.65. The van der Waals surface area contributed by atoms with E-state index in [1.807, 2.05) is 23.9 Å². The third-order valence-corrected chi connectivity index (χ3v) is 6.16. The number of rotatable bonds is 0. The summed E-state index contributed by atoms with van der Waals surface area (Å²) < 4.78 is 7.47. The van der Waals surface area contributed by atoms with Gasteiger partial charge in [0, 0.05) is 28.3 Å². The van der Waals surface area contributed by atoms with Crippen LogP contribution in [0.5, 0.6) is 5.75 Å². The van der Waals surface area contributed by atoms with E-state index in [0.717, 1.165) is 34.4 Å². The van der Waals surface area contributed by atoms with Crippen LogP contribution in [0.2, 0.25) is 0 Å². The zero-order valence-electron chi connectivity index (χ0n) is 11.4. The normalized spacial score (nSPS) is 32.7. The van der Waals surface area contributed by atoms with E-state index in [1.54, 1.807) is 0 Å². The molecule has 1 fully saturated rings. The number of benzene rings is 1. The average molecular weight is 342 g/mol. The Morgan fingerprint density at radius 2 is 2.16 bits per heavy atom. The number of hydrogen-bond acceptors (Lipinski definition) is 3. The molecule has 1 spiro atoms. The molecule has 2 heterocycles. The first-order valence-corrected chi connectivity index (χ1v) is 8.66. The molecule has 2 atom stereocenters. The maximum absolute atomic E-state index is 6.40. The van der Waals surface area contributed by atoms with Gasteiger partial charge in [-0.05, 0) is 35.8 Å². The van der Waals surface area contributed by atoms with Crippen molar-refractivity contribution in [1.29, 1.82) is 0 Å². The minimum atomic E-state index is -0.0767. The monoisotopic (exact) mass is 341 g/mol. The Balaban J connectivity index is 1.94. The molecule has 104 valence electrons. The summed E-state index contributed by atoms with van der Waals surface area (Å²) >= 11 is 5.51. The quantitative estimate of drug-likeness (QED) is 0.770. The second-order valence-corrected chi connectivity index (χ2v) is 8.51. The summed E-state index contributed by atoms with van der Waals surface area (Å²) in [7, 11) is 0. The SMILES string of the molecule is CC1(C)CSCC2(C[C@@H](N)c3cc(Br)ccc3O2)C1. The first kappa shape index (κ1) is 13.8. The van der Waals surface area contributed by atoms with E-state index >= 15 is 0 Å². The summed E-state index contributed by atoms with van der Waals surface area (Å²) in [5, 5.41) is 0. The molecule has 2 aliphatic heterocycles. The van der Waals surface area contributed by atoms with Crippen LogP contribution < -0.4 is 10.5 Å². The maximum Gasteiger partial charge on any atom is 0.125 e. The number of thioether (sulfide) groups is 1. The predicted octanol–water partition coefficient (Wildman–Crippen LogP) is 4.13. The lowest BCUT2D eigenvalue weighted by molar-refractivity contribution is 0.0166. The molecule has 0 aromatic heterocycles. The van der Waals surface area contributed by atoms with Crippen molar-refractivity contribution in [3.63, 3.8) is 0 Å². The largest absolute Gasteiger partial charge is 0.486 e. The molecular weight excluding hydrogens is 322 g/mol. The van der Waals surface area contributed by atoms with Gasteiger partial charge in [-0.15, -0.1) is 0 Å². The molecule has 1 aromatic rings. The van der Waals surface area contributed by atoms with Crippen molar-refractivity contribution in [2.24, 2.45) is 11.1 Å². The fourth-order valence-electron chi connectivity index (χ4n) is 3.37. The maximum atomic E-state index is 6.40. The Hall–Kier alpha value is -0.190. The molecule has 1 saturated heterocycles. The molecule has 2 aliphatic rings. The van der Waals surface area contributed by atoms with Gasteiger partial charge in [0.1, 0.15) is 11.4 Å². The van der Waals surface area contributed by atoms with Gasteiger partial charge in [0.2, 0.25) is 0 Å². The van der Waals surface area contributed by atoms with Gasteiger partial charge in [-0.1, -0.05) is 29.8 Å². The van der Waals surface area contributed by atoms with Gasteiger partial charge in [-0.3, -0.25) is 0 Å². The van der Waals surface area contributed by atoms with Crippen LogP contribution in [0.3, 0.4) is 0 Å². The smallest absolute Gasteiger partial charge is 0.125 e. The van der Waals surface area contributed by atoms with Crippen LogP contribution in [0.4, 0.5) is 0 Å². The Morgan fingerprint density at radius 1 is 1.37 bits per heavy atom. The molecule has 0 radical (unpaired) electrons. The zero-order valence-corrected chi connectivity index (χ0v) is 13.8. The van der Waals surface area contributed by atoms with Crippen molar-refractivity contribution in [2.75, 3.05) is 11.5 Å². The van der Waals surface area contributed by atoms with Gasteiger partial charge in [-0.25, -0.2) is 0 Å².